The average molecular weight is 321 g/mol. The van der Waals surface area contributed by atoms with Crippen LogP contribution in [-0.4, -0.2) is 30.3 Å². The van der Waals surface area contributed by atoms with Gasteiger partial charge in [0.15, 0.2) is 0 Å². The van der Waals surface area contributed by atoms with Gasteiger partial charge in [-0.15, -0.1) is 11.8 Å². The predicted molar refractivity (Wildman–Crippen MR) is 94.9 cm³/mol. The molecule has 1 fully saturated rings. The minimum atomic E-state index is 0.0160. The highest BCUT2D eigenvalue weighted by molar-refractivity contribution is 7.99. The molecule has 2 N–H and O–H groups in total. The summed E-state index contributed by atoms with van der Waals surface area (Å²) in [7, 11) is 0. The predicted octanol–water partition coefficient (Wildman–Crippen LogP) is 3.06. The van der Waals surface area contributed by atoms with Crippen molar-refractivity contribution in [2.45, 2.75) is 44.2 Å². The highest BCUT2D eigenvalue weighted by Gasteiger charge is 2.28. The molecule has 0 radical (unpaired) electrons. The topological polar surface area (TPSA) is 41.1 Å². The molecule has 22 heavy (non-hydrogen) atoms. The Kier molecular flexibility index (Phi) is 6.77. The summed E-state index contributed by atoms with van der Waals surface area (Å²) in [6, 6.07) is 10.7. The summed E-state index contributed by atoms with van der Waals surface area (Å²) in [4.78, 5) is 12.7. The number of nitrogens with one attached hydrogen (secondary N) is 2. The van der Waals surface area contributed by atoms with E-state index in [1.807, 2.05) is 6.07 Å². The third-order valence-electron chi connectivity index (χ3n) is 4.25. The number of rotatable bonds is 6. The van der Waals surface area contributed by atoms with Gasteiger partial charge < -0.3 is 10.6 Å². The summed E-state index contributed by atoms with van der Waals surface area (Å²) in [6.07, 6.45) is 1.03. The Morgan fingerprint density at radius 1 is 1.36 bits per heavy atom. The SMILES string of the molecule is CC(C)C(SCc1ccccc1)C(=O)NC1CCNCC1C. The fourth-order valence-electron chi connectivity index (χ4n) is 2.82. The van der Waals surface area contributed by atoms with Gasteiger partial charge in [0.2, 0.25) is 5.91 Å². The zero-order valence-corrected chi connectivity index (χ0v) is 14.7. The van der Waals surface area contributed by atoms with Crippen molar-refractivity contribution < 1.29 is 4.79 Å². The van der Waals surface area contributed by atoms with Crippen molar-refractivity contribution in [3.63, 3.8) is 0 Å². The standard InChI is InChI=1S/C18H28N2OS/c1-13(2)17(22-12-15-7-5-4-6-8-15)18(21)20-16-9-10-19-11-14(16)3/h4-8,13-14,16-17,19H,9-12H2,1-3H3,(H,20,21). The molecular formula is C18H28N2OS. The van der Waals surface area contributed by atoms with E-state index in [0.717, 1.165) is 25.3 Å². The van der Waals surface area contributed by atoms with Gasteiger partial charge in [-0.25, -0.2) is 0 Å². The number of benzene rings is 1. The molecule has 1 amide bonds. The molecule has 3 unspecified atom stereocenters. The monoisotopic (exact) mass is 320 g/mol. The van der Waals surface area contributed by atoms with E-state index < -0.39 is 0 Å². The van der Waals surface area contributed by atoms with Gasteiger partial charge in [-0.1, -0.05) is 51.1 Å². The van der Waals surface area contributed by atoms with E-state index >= 15 is 0 Å². The summed E-state index contributed by atoms with van der Waals surface area (Å²) >= 11 is 1.75. The molecule has 0 aliphatic carbocycles. The first-order chi connectivity index (χ1) is 10.6. The van der Waals surface area contributed by atoms with Gasteiger partial charge in [0.1, 0.15) is 0 Å². The summed E-state index contributed by atoms with van der Waals surface area (Å²) in [5, 5.41) is 6.68. The molecule has 2 rings (SSSR count). The van der Waals surface area contributed by atoms with E-state index in [1.165, 1.54) is 5.56 Å². The maximum Gasteiger partial charge on any atom is 0.233 e. The molecule has 4 heteroatoms. The summed E-state index contributed by atoms with van der Waals surface area (Å²) in [6.45, 7) is 8.47. The van der Waals surface area contributed by atoms with Crippen molar-refractivity contribution in [1.82, 2.24) is 10.6 Å². The Hall–Kier alpha value is -1.00. The van der Waals surface area contributed by atoms with E-state index in [1.54, 1.807) is 11.8 Å². The van der Waals surface area contributed by atoms with Crippen LogP contribution in [0, 0.1) is 11.8 Å². The number of hydrogen-bond acceptors (Lipinski definition) is 3. The number of piperidine rings is 1. The maximum absolute atomic E-state index is 12.7. The smallest absolute Gasteiger partial charge is 0.233 e. The molecule has 0 saturated carbocycles. The second kappa shape index (κ2) is 8.59. The molecule has 3 nitrogen and oxygen atoms in total. The lowest BCUT2D eigenvalue weighted by Gasteiger charge is -2.32. The van der Waals surface area contributed by atoms with Crippen molar-refractivity contribution in [2.24, 2.45) is 11.8 Å². The summed E-state index contributed by atoms with van der Waals surface area (Å²) < 4.78 is 0. The van der Waals surface area contributed by atoms with Crippen molar-refractivity contribution >= 4 is 17.7 Å². The van der Waals surface area contributed by atoms with Gasteiger partial charge in [0.25, 0.3) is 0 Å². The van der Waals surface area contributed by atoms with Gasteiger partial charge >= 0.3 is 0 Å². The number of thioether (sulfide) groups is 1. The van der Waals surface area contributed by atoms with E-state index in [2.05, 4.69) is 55.7 Å². The molecule has 0 aromatic heterocycles. The van der Waals surface area contributed by atoms with Gasteiger partial charge in [-0.3, -0.25) is 4.79 Å². The third kappa shape index (κ3) is 5.03. The molecular weight excluding hydrogens is 292 g/mol. The van der Waals surface area contributed by atoms with Gasteiger partial charge in [-0.2, -0.15) is 0 Å². The molecule has 1 aliphatic rings. The number of amides is 1. The van der Waals surface area contributed by atoms with Crippen molar-refractivity contribution in [3.05, 3.63) is 35.9 Å². The lowest BCUT2D eigenvalue weighted by Crippen LogP contribution is -2.51. The van der Waals surface area contributed by atoms with E-state index in [0.29, 0.717) is 17.9 Å². The van der Waals surface area contributed by atoms with Gasteiger partial charge in [0, 0.05) is 11.8 Å². The van der Waals surface area contributed by atoms with E-state index in [9.17, 15) is 4.79 Å². The summed E-state index contributed by atoms with van der Waals surface area (Å²) in [5.74, 6) is 1.93. The highest BCUT2D eigenvalue weighted by Crippen LogP contribution is 2.24. The molecule has 122 valence electrons. The fraction of sp³-hybridized carbons (Fsp3) is 0.611. The quantitative estimate of drug-likeness (QED) is 0.846. The molecule has 1 heterocycles. The van der Waals surface area contributed by atoms with Crippen LogP contribution in [-0.2, 0) is 10.5 Å². The Morgan fingerprint density at radius 3 is 2.73 bits per heavy atom. The van der Waals surface area contributed by atoms with Crippen LogP contribution in [0.2, 0.25) is 0 Å². The highest BCUT2D eigenvalue weighted by atomic mass is 32.2. The fourth-order valence-corrected chi connectivity index (χ4v) is 3.99. The molecule has 1 aromatic rings. The molecule has 1 aliphatic heterocycles. The minimum absolute atomic E-state index is 0.0160. The Bertz CT molecular complexity index is 463. The largest absolute Gasteiger partial charge is 0.352 e. The zero-order chi connectivity index (χ0) is 15.9. The summed E-state index contributed by atoms with van der Waals surface area (Å²) in [5.41, 5.74) is 1.28. The maximum atomic E-state index is 12.7. The molecule has 3 atom stereocenters. The number of carbonyl (C=O) groups is 1. The second-order valence-electron chi connectivity index (χ2n) is 6.55. The molecule has 1 saturated heterocycles. The van der Waals surface area contributed by atoms with Gasteiger partial charge in [-0.05, 0) is 36.9 Å². The van der Waals surface area contributed by atoms with Crippen LogP contribution in [0.4, 0.5) is 0 Å². The van der Waals surface area contributed by atoms with Crippen LogP contribution in [0.25, 0.3) is 0 Å². The van der Waals surface area contributed by atoms with Gasteiger partial charge in [0.05, 0.1) is 5.25 Å². The Morgan fingerprint density at radius 2 is 2.09 bits per heavy atom. The van der Waals surface area contributed by atoms with Crippen LogP contribution in [0.5, 0.6) is 0 Å². The first-order valence-electron chi connectivity index (χ1n) is 8.24. The lowest BCUT2D eigenvalue weighted by atomic mass is 9.95. The van der Waals surface area contributed by atoms with Crippen molar-refractivity contribution in [3.8, 4) is 0 Å². The van der Waals surface area contributed by atoms with Crippen molar-refractivity contribution in [1.29, 1.82) is 0 Å². The number of hydrogen-bond donors (Lipinski definition) is 2. The van der Waals surface area contributed by atoms with E-state index in [4.69, 9.17) is 0 Å². The van der Waals surface area contributed by atoms with Crippen LogP contribution >= 0.6 is 11.8 Å². The van der Waals surface area contributed by atoms with Crippen LogP contribution in [0.3, 0.4) is 0 Å². The first kappa shape index (κ1) is 17.4. The molecule has 0 spiro atoms. The van der Waals surface area contributed by atoms with Crippen LogP contribution in [0.15, 0.2) is 30.3 Å². The van der Waals surface area contributed by atoms with Crippen LogP contribution in [0.1, 0.15) is 32.8 Å². The normalized spacial score (nSPS) is 23.3. The second-order valence-corrected chi connectivity index (χ2v) is 7.68. The van der Waals surface area contributed by atoms with Crippen LogP contribution < -0.4 is 10.6 Å². The van der Waals surface area contributed by atoms with E-state index in [-0.39, 0.29) is 11.2 Å². The minimum Gasteiger partial charge on any atom is -0.352 e. The average Bonchev–Trinajstić information content (AvgIpc) is 2.50. The molecule has 1 aromatic carbocycles. The first-order valence-corrected chi connectivity index (χ1v) is 9.29. The van der Waals surface area contributed by atoms with Crippen molar-refractivity contribution in [2.75, 3.05) is 13.1 Å². The zero-order valence-electron chi connectivity index (χ0n) is 13.8. The Labute approximate surface area is 138 Å². The number of carbonyl (C=O) groups excluding carboxylic acids is 1. The lowest BCUT2D eigenvalue weighted by molar-refractivity contribution is -0.122. The third-order valence-corrected chi connectivity index (χ3v) is 5.87. The molecule has 0 bridgehead atoms. The Balaban J connectivity index is 1.90.